The highest BCUT2D eigenvalue weighted by molar-refractivity contribution is 6.30. The van der Waals surface area contributed by atoms with E-state index in [1.807, 2.05) is 0 Å². The molecule has 0 aliphatic carbocycles. The number of halogens is 3. The van der Waals surface area contributed by atoms with Crippen molar-refractivity contribution in [2.75, 3.05) is 11.4 Å². The van der Waals surface area contributed by atoms with Crippen molar-refractivity contribution in [3.8, 4) is 5.75 Å². The zero-order chi connectivity index (χ0) is 19.7. The van der Waals surface area contributed by atoms with Crippen LogP contribution in [-0.4, -0.2) is 23.5 Å². The number of fused-ring (bicyclic) bond motifs is 1. The van der Waals surface area contributed by atoms with Gasteiger partial charge in [0.05, 0.1) is 10.6 Å². The van der Waals surface area contributed by atoms with E-state index < -0.39 is 28.6 Å². The second-order valence-electron chi connectivity index (χ2n) is 6.12. The van der Waals surface area contributed by atoms with Gasteiger partial charge in [-0.05, 0) is 43.5 Å². The van der Waals surface area contributed by atoms with Gasteiger partial charge in [-0.2, -0.15) is 0 Å². The number of hydrogen-bond donors (Lipinski definition) is 0. The van der Waals surface area contributed by atoms with Crippen LogP contribution in [0.15, 0.2) is 30.3 Å². The first-order chi connectivity index (χ1) is 12.8. The molecule has 1 heterocycles. The first-order valence-corrected chi connectivity index (χ1v) is 8.55. The van der Waals surface area contributed by atoms with Crippen molar-refractivity contribution < 1.29 is 23.2 Å². The molecule has 27 heavy (non-hydrogen) atoms. The third-order valence-corrected chi connectivity index (χ3v) is 4.51. The smallest absolute Gasteiger partial charge is 0.312 e. The second kappa shape index (κ2) is 7.48. The van der Waals surface area contributed by atoms with Gasteiger partial charge in [0.25, 0.3) is 5.91 Å². The summed E-state index contributed by atoms with van der Waals surface area (Å²) in [6, 6.07) is 5.92. The monoisotopic (exact) mass is 396 g/mol. The van der Waals surface area contributed by atoms with Crippen LogP contribution in [0.4, 0.5) is 20.2 Å². The van der Waals surface area contributed by atoms with Crippen molar-refractivity contribution in [1.82, 2.24) is 0 Å². The number of rotatable bonds is 4. The predicted octanol–water partition coefficient (Wildman–Crippen LogP) is 4.27. The summed E-state index contributed by atoms with van der Waals surface area (Å²) in [5.41, 5.74) is 0.443. The Morgan fingerprint density at radius 3 is 2.70 bits per heavy atom. The molecule has 1 atom stereocenters. The molecule has 0 spiro atoms. The molecule has 0 saturated carbocycles. The number of carbonyl (C=O) groups is 1. The van der Waals surface area contributed by atoms with E-state index in [2.05, 4.69) is 0 Å². The van der Waals surface area contributed by atoms with Crippen LogP contribution in [0.2, 0.25) is 5.02 Å². The molecule has 6 nitrogen and oxygen atoms in total. The Bertz CT molecular complexity index is 922. The number of carbonyl (C=O) groups excluding carboxylic acids is 1. The molecular formula is C18H15ClF2N2O4. The Kier molecular flexibility index (Phi) is 5.27. The fourth-order valence-corrected chi connectivity index (χ4v) is 3.17. The number of nitro groups is 1. The molecule has 1 aliphatic rings. The van der Waals surface area contributed by atoms with Gasteiger partial charge in [0.15, 0.2) is 23.5 Å². The minimum Gasteiger partial charge on any atom is -0.474 e. The first-order valence-electron chi connectivity index (χ1n) is 8.18. The van der Waals surface area contributed by atoms with Crippen molar-refractivity contribution >= 4 is 28.9 Å². The minimum atomic E-state index is -1.08. The molecule has 3 rings (SSSR count). The summed E-state index contributed by atoms with van der Waals surface area (Å²) in [6.07, 6.45) is 0.0233. The maximum atomic E-state index is 13.6. The van der Waals surface area contributed by atoms with Gasteiger partial charge in [-0.3, -0.25) is 14.9 Å². The lowest BCUT2D eigenvalue weighted by Crippen LogP contribution is -2.43. The Morgan fingerprint density at radius 1 is 1.30 bits per heavy atom. The van der Waals surface area contributed by atoms with Crippen LogP contribution < -0.4 is 9.64 Å². The van der Waals surface area contributed by atoms with E-state index in [1.54, 1.807) is 0 Å². The zero-order valence-electron chi connectivity index (χ0n) is 14.2. The molecule has 1 aliphatic heterocycles. The van der Waals surface area contributed by atoms with Crippen molar-refractivity contribution in [3.63, 3.8) is 0 Å². The Labute approximate surface area is 158 Å². The first kappa shape index (κ1) is 19.0. The zero-order valence-corrected chi connectivity index (χ0v) is 15.0. The van der Waals surface area contributed by atoms with Crippen molar-refractivity contribution in [1.29, 1.82) is 0 Å². The maximum absolute atomic E-state index is 13.6. The van der Waals surface area contributed by atoms with Gasteiger partial charge < -0.3 is 9.64 Å². The van der Waals surface area contributed by atoms with Crippen LogP contribution in [0.1, 0.15) is 18.9 Å². The summed E-state index contributed by atoms with van der Waals surface area (Å²) in [4.78, 5) is 24.6. The maximum Gasteiger partial charge on any atom is 0.312 e. The highest BCUT2D eigenvalue weighted by Gasteiger charge is 2.30. The SMILES string of the molecule is C[C@H](Oc1ccc(Cl)cc1[N+](=O)[O-])C(=O)N1CCCc2cc(F)c(F)cc21. The van der Waals surface area contributed by atoms with Crippen LogP contribution in [-0.2, 0) is 11.2 Å². The Hall–Kier alpha value is -2.74. The molecule has 0 N–H and O–H groups in total. The van der Waals surface area contributed by atoms with E-state index >= 15 is 0 Å². The fraction of sp³-hybridized carbons (Fsp3) is 0.278. The van der Waals surface area contributed by atoms with E-state index in [0.29, 0.717) is 24.9 Å². The van der Waals surface area contributed by atoms with Crippen molar-refractivity contribution in [2.45, 2.75) is 25.9 Å². The highest BCUT2D eigenvalue weighted by Crippen LogP contribution is 2.33. The van der Waals surface area contributed by atoms with E-state index in [-0.39, 0.29) is 22.1 Å². The number of hydrogen-bond acceptors (Lipinski definition) is 4. The molecular weight excluding hydrogens is 382 g/mol. The van der Waals surface area contributed by atoms with Crippen LogP contribution >= 0.6 is 11.6 Å². The number of nitrogens with zero attached hydrogens (tertiary/aromatic N) is 2. The van der Waals surface area contributed by atoms with Gasteiger partial charge >= 0.3 is 5.69 Å². The molecule has 0 bridgehead atoms. The molecule has 1 amide bonds. The van der Waals surface area contributed by atoms with Gasteiger partial charge in [0, 0.05) is 23.7 Å². The normalized spacial score (nSPS) is 14.4. The van der Waals surface area contributed by atoms with Crippen molar-refractivity contribution in [2.24, 2.45) is 0 Å². The predicted molar refractivity (Wildman–Crippen MR) is 95.2 cm³/mol. The number of amides is 1. The van der Waals surface area contributed by atoms with Gasteiger partial charge in [-0.25, -0.2) is 8.78 Å². The second-order valence-corrected chi connectivity index (χ2v) is 6.55. The summed E-state index contributed by atoms with van der Waals surface area (Å²) in [5, 5.41) is 11.3. The fourth-order valence-electron chi connectivity index (χ4n) is 3.00. The minimum absolute atomic E-state index is 0.104. The standard InChI is InChI=1S/C18H15ClF2N2O4/c1-10(27-17-5-4-12(19)8-16(17)23(25)26)18(24)22-6-2-3-11-7-13(20)14(21)9-15(11)22/h4-5,7-10H,2-3,6H2,1H3/t10-/m0/s1. The quantitative estimate of drug-likeness (QED) is 0.571. The van der Waals surface area contributed by atoms with E-state index in [4.69, 9.17) is 16.3 Å². The average molecular weight is 397 g/mol. The summed E-state index contributed by atoms with van der Waals surface area (Å²) in [6.45, 7) is 1.75. The molecule has 142 valence electrons. The highest BCUT2D eigenvalue weighted by atomic mass is 35.5. The van der Waals surface area contributed by atoms with E-state index in [1.165, 1.54) is 24.0 Å². The molecule has 0 saturated heterocycles. The molecule has 0 radical (unpaired) electrons. The van der Waals surface area contributed by atoms with Crippen molar-refractivity contribution in [3.05, 3.63) is 62.7 Å². The van der Waals surface area contributed by atoms with Crippen LogP contribution in [0.25, 0.3) is 0 Å². The lowest BCUT2D eigenvalue weighted by Gasteiger charge is -2.31. The molecule has 0 unspecified atom stereocenters. The van der Waals surface area contributed by atoms with Crippen LogP contribution in [0, 0.1) is 21.7 Å². The van der Waals surface area contributed by atoms with E-state index in [9.17, 15) is 23.7 Å². The Morgan fingerprint density at radius 2 is 2.00 bits per heavy atom. The van der Waals surface area contributed by atoms with E-state index in [0.717, 1.165) is 18.2 Å². The van der Waals surface area contributed by atoms with Gasteiger partial charge in [-0.15, -0.1) is 0 Å². The van der Waals surface area contributed by atoms with Gasteiger partial charge in [0.2, 0.25) is 0 Å². The lowest BCUT2D eigenvalue weighted by molar-refractivity contribution is -0.386. The van der Waals surface area contributed by atoms with Gasteiger partial charge in [0.1, 0.15) is 0 Å². The number of benzene rings is 2. The summed E-state index contributed by atoms with van der Waals surface area (Å²) >= 11 is 5.76. The summed E-state index contributed by atoms with van der Waals surface area (Å²) in [7, 11) is 0. The number of ether oxygens (including phenoxy) is 1. The van der Waals surface area contributed by atoms with Crippen LogP contribution in [0.5, 0.6) is 5.75 Å². The number of anilines is 1. The Balaban J connectivity index is 1.86. The molecule has 2 aromatic carbocycles. The molecule has 0 aromatic heterocycles. The summed E-state index contributed by atoms with van der Waals surface area (Å²) in [5.74, 6) is -2.63. The third-order valence-electron chi connectivity index (χ3n) is 4.28. The average Bonchev–Trinajstić information content (AvgIpc) is 2.63. The molecule has 9 heteroatoms. The third kappa shape index (κ3) is 3.85. The van der Waals surface area contributed by atoms with Crippen LogP contribution in [0.3, 0.4) is 0 Å². The largest absolute Gasteiger partial charge is 0.474 e. The molecule has 0 fully saturated rings. The van der Waals surface area contributed by atoms with Gasteiger partial charge in [-0.1, -0.05) is 11.6 Å². The summed E-state index contributed by atoms with van der Waals surface area (Å²) < 4.78 is 32.6. The topological polar surface area (TPSA) is 72.7 Å². The molecule has 2 aromatic rings. The number of aryl methyl sites for hydroxylation is 1. The lowest BCUT2D eigenvalue weighted by atomic mass is 10.0. The number of nitro benzene ring substituents is 1.